The van der Waals surface area contributed by atoms with Gasteiger partial charge < -0.3 is 19.7 Å². The molecule has 0 bridgehead atoms. The van der Waals surface area contributed by atoms with E-state index in [2.05, 4.69) is 10.3 Å². The molecule has 0 saturated carbocycles. The van der Waals surface area contributed by atoms with E-state index < -0.39 is 10.0 Å². The molecule has 1 N–H and O–H groups in total. The van der Waals surface area contributed by atoms with Crippen molar-refractivity contribution in [1.82, 2.24) is 19.5 Å². The van der Waals surface area contributed by atoms with Gasteiger partial charge in [0.05, 0.1) is 7.11 Å². The number of aromatic nitrogens is 1. The van der Waals surface area contributed by atoms with Crippen LogP contribution in [0, 0.1) is 0 Å². The molecule has 1 aromatic carbocycles. The lowest BCUT2D eigenvalue weighted by Gasteiger charge is -2.34. The summed E-state index contributed by atoms with van der Waals surface area (Å²) >= 11 is 0. The number of rotatable bonds is 8. The van der Waals surface area contributed by atoms with Crippen LogP contribution >= 0.6 is 0 Å². The lowest BCUT2D eigenvalue weighted by Crippen LogP contribution is -2.50. The van der Waals surface area contributed by atoms with E-state index in [-0.39, 0.29) is 55.5 Å². The minimum absolute atomic E-state index is 0.00260. The maximum atomic E-state index is 13.0. The summed E-state index contributed by atoms with van der Waals surface area (Å²) in [4.78, 5) is 30.4. The van der Waals surface area contributed by atoms with Gasteiger partial charge in [0.1, 0.15) is 4.90 Å². The fourth-order valence-corrected chi connectivity index (χ4v) is 4.78. The maximum absolute atomic E-state index is 13.0. The van der Waals surface area contributed by atoms with E-state index in [4.69, 9.17) is 9.47 Å². The molecule has 1 aromatic heterocycles. The summed E-state index contributed by atoms with van der Waals surface area (Å²) in [5, 5.41) is 2.73. The highest BCUT2D eigenvalue weighted by molar-refractivity contribution is 7.89. The van der Waals surface area contributed by atoms with Gasteiger partial charge in [-0.25, -0.2) is 8.42 Å². The summed E-state index contributed by atoms with van der Waals surface area (Å²) in [6, 6.07) is 7.81. The summed E-state index contributed by atoms with van der Waals surface area (Å²) in [5.41, 5.74) is 0.384. The van der Waals surface area contributed by atoms with E-state index >= 15 is 0 Å². The molecule has 11 heteroatoms. The van der Waals surface area contributed by atoms with Crippen molar-refractivity contribution in [3.8, 4) is 11.5 Å². The third-order valence-electron chi connectivity index (χ3n) is 5.02. The molecule has 0 spiro atoms. The van der Waals surface area contributed by atoms with Gasteiger partial charge in [0.25, 0.3) is 11.8 Å². The summed E-state index contributed by atoms with van der Waals surface area (Å²) < 4.78 is 37.7. The molecular weight excluding hydrogens is 448 g/mol. The first-order chi connectivity index (χ1) is 15.7. The molecule has 2 aromatic rings. The van der Waals surface area contributed by atoms with Crippen LogP contribution in [0.5, 0.6) is 11.5 Å². The van der Waals surface area contributed by atoms with E-state index in [1.807, 2.05) is 13.8 Å². The van der Waals surface area contributed by atoms with Crippen LogP contribution in [-0.4, -0.2) is 80.4 Å². The largest absolute Gasteiger partial charge is 0.493 e. The molecule has 1 saturated heterocycles. The molecular formula is C22H28N4O6S. The first-order valence-electron chi connectivity index (χ1n) is 10.5. The molecule has 2 amide bonds. The van der Waals surface area contributed by atoms with Crippen molar-refractivity contribution in [2.75, 3.05) is 39.9 Å². The van der Waals surface area contributed by atoms with E-state index in [9.17, 15) is 18.0 Å². The lowest BCUT2D eigenvalue weighted by molar-refractivity contribution is -0.123. The quantitative estimate of drug-likeness (QED) is 0.607. The van der Waals surface area contributed by atoms with Gasteiger partial charge >= 0.3 is 0 Å². The molecule has 0 aliphatic carbocycles. The minimum atomic E-state index is -3.65. The zero-order valence-electron chi connectivity index (χ0n) is 18.9. The van der Waals surface area contributed by atoms with Crippen molar-refractivity contribution < 1.29 is 27.5 Å². The number of piperazine rings is 1. The van der Waals surface area contributed by atoms with Crippen LogP contribution in [0.4, 0.5) is 0 Å². The highest BCUT2D eigenvalue weighted by atomic mass is 32.2. The van der Waals surface area contributed by atoms with Gasteiger partial charge in [-0.2, -0.15) is 4.31 Å². The van der Waals surface area contributed by atoms with Crippen molar-refractivity contribution in [3.05, 3.63) is 48.3 Å². The summed E-state index contributed by atoms with van der Waals surface area (Å²) in [6.45, 7) is 4.43. The number of pyridine rings is 1. The molecule has 1 aliphatic rings. The number of amides is 2. The van der Waals surface area contributed by atoms with Gasteiger partial charge in [-0.3, -0.25) is 14.6 Å². The van der Waals surface area contributed by atoms with Crippen molar-refractivity contribution in [2.24, 2.45) is 0 Å². The van der Waals surface area contributed by atoms with Crippen LogP contribution in [0.25, 0.3) is 0 Å². The van der Waals surface area contributed by atoms with Crippen LogP contribution in [0.2, 0.25) is 0 Å². The molecule has 10 nitrogen and oxygen atoms in total. The number of ether oxygens (including phenoxy) is 2. The van der Waals surface area contributed by atoms with E-state index in [0.29, 0.717) is 17.1 Å². The minimum Gasteiger partial charge on any atom is -0.493 e. The Morgan fingerprint density at radius 3 is 2.45 bits per heavy atom. The Labute approximate surface area is 193 Å². The van der Waals surface area contributed by atoms with Gasteiger partial charge in [-0.05, 0) is 44.2 Å². The summed E-state index contributed by atoms with van der Waals surface area (Å²) in [5.74, 6) is 0.179. The number of nitrogens with zero attached hydrogens (tertiary/aromatic N) is 3. The Morgan fingerprint density at radius 1 is 1.12 bits per heavy atom. The van der Waals surface area contributed by atoms with Crippen molar-refractivity contribution in [1.29, 1.82) is 0 Å². The van der Waals surface area contributed by atoms with E-state index in [0.717, 1.165) is 0 Å². The van der Waals surface area contributed by atoms with E-state index in [1.165, 1.54) is 29.9 Å². The Balaban J connectivity index is 1.63. The Bertz CT molecular complexity index is 1080. The average Bonchev–Trinajstić information content (AvgIpc) is 2.82. The number of benzene rings is 1. The van der Waals surface area contributed by atoms with Gasteiger partial charge in [0.2, 0.25) is 10.0 Å². The molecule has 0 unspecified atom stereocenters. The fraction of sp³-hybridized carbons (Fsp3) is 0.409. The van der Waals surface area contributed by atoms with Crippen LogP contribution in [0.15, 0.2) is 47.6 Å². The number of sulfonamides is 1. The zero-order valence-corrected chi connectivity index (χ0v) is 19.7. The van der Waals surface area contributed by atoms with Crippen molar-refractivity contribution >= 4 is 21.8 Å². The molecule has 1 aliphatic heterocycles. The standard InChI is InChI=1S/C22H28N4O6S/c1-16(2)24-21(27)15-32-19-7-6-17(13-20(19)31-3)22(28)25-9-11-26(12-10-25)33(29,30)18-5-4-8-23-14-18/h4-8,13-14,16H,9-12,15H2,1-3H3,(H,24,27). The molecule has 178 valence electrons. The van der Waals surface area contributed by atoms with E-state index in [1.54, 1.807) is 29.2 Å². The second-order valence-electron chi connectivity index (χ2n) is 7.76. The van der Waals surface area contributed by atoms with Gasteiger partial charge in [0, 0.05) is 50.2 Å². The maximum Gasteiger partial charge on any atom is 0.258 e. The summed E-state index contributed by atoms with van der Waals surface area (Å²) in [7, 11) is -2.20. The summed E-state index contributed by atoms with van der Waals surface area (Å²) in [6.07, 6.45) is 2.83. The highest BCUT2D eigenvalue weighted by Gasteiger charge is 2.30. The second-order valence-corrected chi connectivity index (χ2v) is 9.70. The van der Waals surface area contributed by atoms with Gasteiger partial charge in [0.15, 0.2) is 18.1 Å². The van der Waals surface area contributed by atoms with Crippen LogP contribution < -0.4 is 14.8 Å². The first-order valence-corrected chi connectivity index (χ1v) is 12.0. The van der Waals surface area contributed by atoms with Crippen molar-refractivity contribution in [2.45, 2.75) is 24.8 Å². The molecule has 2 heterocycles. The molecule has 1 fully saturated rings. The zero-order chi connectivity index (χ0) is 24.0. The Morgan fingerprint density at radius 2 is 1.85 bits per heavy atom. The van der Waals surface area contributed by atoms with Crippen LogP contribution in [-0.2, 0) is 14.8 Å². The molecule has 0 atom stereocenters. The number of hydrogen-bond acceptors (Lipinski definition) is 7. The van der Waals surface area contributed by atoms with Gasteiger partial charge in [-0.1, -0.05) is 0 Å². The number of methoxy groups -OCH3 is 1. The fourth-order valence-electron chi connectivity index (χ4n) is 3.39. The van der Waals surface area contributed by atoms with Crippen LogP contribution in [0.3, 0.4) is 0 Å². The predicted octanol–water partition coefficient (Wildman–Crippen LogP) is 1.14. The average molecular weight is 477 g/mol. The molecule has 0 radical (unpaired) electrons. The Kier molecular flexibility index (Phi) is 7.88. The van der Waals surface area contributed by atoms with Crippen LogP contribution in [0.1, 0.15) is 24.2 Å². The van der Waals surface area contributed by atoms with Crippen molar-refractivity contribution in [3.63, 3.8) is 0 Å². The Hall–Kier alpha value is -3.18. The van der Waals surface area contributed by atoms with Gasteiger partial charge in [-0.15, -0.1) is 0 Å². The number of carbonyl (C=O) groups excluding carboxylic acids is 2. The smallest absolute Gasteiger partial charge is 0.258 e. The lowest BCUT2D eigenvalue weighted by atomic mass is 10.1. The predicted molar refractivity (Wildman–Crippen MR) is 121 cm³/mol. The number of hydrogen-bond donors (Lipinski definition) is 1. The molecule has 3 rings (SSSR count). The number of nitrogens with one attached hydrogen (secondary N) is 1. The SMILES string of the molecule is COc1cc(C(=O)N2CCN(S(=O)(=O)c3cccnc3)CC2)ccc1OCC(=O)NC(C)C. The normalized spacial score (nSPS) is 14.7. The second kappa shape index (κ2) is 10.6. The molecule has 33 heavy (non-hydrogen) atoms. The third kappa shape index (κ3) is 5.99. The topological polar surface area (TPSA) is 118 Å². The first kappa shape index (κ1) is 24.5. The number of carbonyl (C=O) groups is 2. The highest BCUT2D eigenvalue weighted by Crippen LogP contribution is 2.29. The monoisotopic (exact) mass is 476 g/mol. The third-order valence-corrected chi connectivity index (χ3v) is 6.90.